The van der Waals surface area contributed by atoms with E-state index in [0.29, 0.717) is 19.1 Å². The highest BCUT2D eigenvalue weighted by Gasteiger charge is 2.23. The number of aryl methyl sites for hydroxylation is 1. The molecule has 2 aliphatic heterocycles. The van der Waals surface area contributed by atoms with E-state index in [9.17, 15) is 4.79 Å². The molecule has 1 amide bonds. The average Bonchev–Trinajstić information content (AvgIpc) is 3.15. The van der Waals surface area contributed by atoms with Crippen molar-refractivity contribution in [3.63, 3.8) is 0 Å². The molecule has 22 heavy (non-hydrogen) atoms. The Morgan fingerprint density at radius 2 is 2.23 bits per heavy atom. The van der Waals surface area contributed by atoms with Gasteiger partial charge in [-0.05, 0) is 26.3 Å². The van der Waals surface area contributed by atoms with Crippen molar-refractivity contribution in [1.29, 1.82) is 0 Å². The molecule has 116 valence electrons. The van der Waals surface area contributed by atoms with Gasteiger partial charge in [0, 0.05) is 30.9 Å². The molecule has 0 bridgehead atoms. The minimum atomic E-state index is 0.0544. The number of hydrogen-bond donors (Lipinski definition) is 2. The van der Waals surface area contributed by atoms with Crippen LogP contribution in [0.2, 0.25) is 0 Å². The normalized spacial score (nSPS) is 22.3. The topological polar surface area (TPSA) is 74.6 Å². The van der Waals surface area contributed by atoms with Gasteiger partial charge in [-0.15, -0.1) is 0 Å². The molecule has 0 saturated carbocycles. The second-order valence-corrected chi connectivity index (χ2v) is 6.02. The Bertz CT molecular complexity index is 718. The van der Waals surface area contributed by atoms with Crippen LogP contribution in [0, 0.1) is 6.92 Å². The first kappa shape index (κ1) is 13.5. The third-order valence-corrected chi connectivity index (χ3v) is 4.34. The van der Waals surface area contributed by atoms with Gasteiger partial charge in [-0.2, -0.15) is 9.61 Å². The van der Waals surface area contributed by atoms with Crippen LogP contribution in [-0.4, -0.2) is 46.7 Å². The predicted molar refractivity (Wildman–Crippen MR) is 82.9 cm³/mol. The molecule has 0 spiro atoms. The van der Waals surface area contributed by atoms with Crippen molar-refractivity contribution in [1.82, 2.24) is 25.2 Å². The summed E-state index contributed by atoms with van der Waals surface area (Å²) >= 11 is 0. The fraction of sp³-hybridized carbons (Fsp3) is 0.533. The molecule has 1 atom stereocenters. The lowest BCUT2D eigenvalue weighted by Gasteiger charge is -2.28. The van der Waals surface area contributed by atoms with E-state index in [0.717, 1.165) is 42.4 Å². The quantitative estimate of drug-likeness (QED) is 0.840. The van der Waals surface area contributed by atoms with Gasteiger partial charge < -0.3 is 15.5 Å². The molecule has 2 aromatic rings. The zero-order valence-electron chi connectivity index (χ0n) is 12.7. The molecule has 4 heterocycles. The molecule has 1 unspecified atom stereocenters. The van der Waals surface area contributed by atoms with Crippen LogP contribution < -0.4 is 15.5 Å². The Labute approximate surface area is 128 Å². The Hall–Kier alpha value is -2.15. The van der Waals surface area contributed by atoms with Crippen molar-refractivity contribution in [3.8, 4) is 0 Å². The summed E-state index contributed by atoms with van der Waals surface area (Å²) in [6.07, 6.45) is 2.30. The van der Waals surface area contributed by atoms with E-state index in [-0.39, 0.29) is 5.91 Å². The van der Waals surface area contributed by atoms with Crippen LogP contribution in [-0.2, 0) is 4.79 Å². The summed E-state index contributed by atoms with van der Waals surface area (Å²) in [6, 6.07) is 4.38. The van der Waals surface area contributed by atoms with Gasteiger partial charge in [0.25, 0.3) is 0 Å². The largest absolute Gasteiger partial charge is 0.353 e. The molecule has 2 aromatic heterocycles. The van der Waals surface area contributed by atoms with Crippen LogP contribution in [0.15, 0.2) is 12.1 Å². The van der Waals surface area contributed by atoms with Gasteiger partial charge in [0.05, 0.1) is 18.3 Å². The van der Waals surface area contributed by atoms with Crippen molar-refractivity contribution < 1.29 is 4.79 Å². The molecule has 2 aliphatic rings. The van der Waals surface area contributed by atoms with Crippen LogP contribution in [0.5, 0.6) is 0 Å². The number of nitrogens with one attached hydrogen (secondary N) is 2. The average molecular weight is 300 g/mol. The second kappa shape index (κ2) is 5.24. The summed E-state index contributed by atoms with van der Waals surface area (Å²) in [5, 5.41) is 11.1. The highest BCUT2D eigenvalue weighted by molar-refractivity contribution is 5.82. The molecule has 0 aromatic carbocycles. The van der Waals surface area contributed by atoms with Crippen LogP contribution >= 0.6 is 0 Å². The number of carbonyl (C=O) groups is 1. The summed E-state index contributed by atoms with van der Waals surface area (Å²) in [5.41, 5.74) is 2.84. The predicted octanol–water partition coefficient (Wildman–Crippen LogP) is 0.398. The molecular weight excluding hydrogens is 280 g/mol. The zero-order valence-corrected chi connectivity index (χ0v) is 12.7. The van der Waals surface area contributed by atoms with E-state index in [1.807, 2.05) is 17.5 Å². The molecule has 2 saturated heterocycles. The van der Waals surface area contributed by atoms with Crippen molar-refractivity contribution in [2.45, 2.75) is 25.8 Å². The summed E-state index contributed by atoms with van der Waals surface area (Å²) in [5.74, 6) is 1.00. The fourth-order valence-corrected chi connectivity index (χ4v) is 3.26. The van der Waals surface area contributed by atoms with Gasteiger partial charge in [0.15, 0.2) is 5.65 Å². The number of aromatic nitrogens is 3. The SMILES string of the molecule is Cc1cc(N2CCNC(=O)C2)n2nc(C3CCCN3)cc2n1. The van der Waals surface area contributed by atoms with E-state index >= 15 is 0 Å². The summed E-state index contributed by atoms with van der Waals surface area (Å²) in [6.45, 7) is 4.86. The molecular formula is C15H20N6O. The maximum Gasteiger partial charge on any atom is 0.239 e. The zero-order chi connectivity index (χ0) is 15.1. The second-order valence-electron chi connectivity index (χ2n) is 6.02. The van der Waals surface area contributed by atoms with Crippen LogP contribution in [0.1, 0.15) is 30.3 Å². The third-order valence-electron chi connectivity index (χ3n) is 4.34. The number of amides is 1. The minimum absolute atomic E-state index is 0.0544. The third kappa shape index (κ3) is 2.31. The number of carbonyl (C=O) groups excluding carboxylic acids is 1. The van der Waals surface area contributed by atoms with Crippen molar-refractivity contribution in [2.24, 2.45) is 0 Å². The molecule has 7 nitrogen and oxygen atoms in total. The standard InChI is InChI=1S/C15H20N6O/c1-10-7-15(20-6-5-17-14(22)9-20)21-13(18-10)8-12(19-21)11-3-2-4-16-11/h7-8,11,16H,2-6,9H2,1H3,(H,17,22). The van der Waals surface area contributed by atoms with Crippen LogP contribution in [0.25, 0.3) is 5.65 Å². The summed E-state index contributed by atoms with van der Waals surface area (Å²) < 4.78 is 1.88. The number of hydrogen-bond acceptors (Lipinski definition) is 5. The van der Waals surface area contributed by atoms with E-state index in [4.69, 9.17) is 5.10 Å². The van der Waals surface area contributed by atoms with Crippen molar-refractivity contribution in [2.75, 3.05) is 31.1 Å². The maximum atomic E-state index is 11.7. The first-order valence-corrected chi connectivity index (χ1v) is 7.83. The summed E-state index contributed by atoms with van der Waals surface area (Å²) in [7, 11) is 0. The lowest BCUT2D eigenvalue weighted by atomic mass is 10.2. The molecule has 7 heteroatoms. The van der Waals surface area contributed by atoms with Gasteiger partial charge in [-0.1, -0.05) is 0 Å². The van der Waals surface area contributed by atoms with Gasteiger partial charge in [0.2, 0.25) is 5.91 Å². The van der Waals surface area contributed by atoms with E-state index in [1.54, 1.807) is 0 Å². The van der Waals surface area contributed by atoms with Gasteiger partial charge in [-0.25, -0.2) is 4.98 Å². The maximum absolute atomic E-state index is 11.7. The monoisotopic (exact) mass is 300 g/mol. The van der Waals surface area contributed by atoms with Crippen molar-refractivity contribution >= 4 is 17.4 Å². The Balaban J connectivity index is 1.77. The Kier molecular flexibility index (Phi) is 3.22. The van der Waals surface area contributed by atoms with E-state index in [1.165, 1.54) is 6.42 Å². The molecule has 0 aliphatic carbocycles. The number of anilines is 1. The first-order chi connectivity index (χ1) is 10.7. The molecule has 2 fully saturated rings. The molecule has 2 N–H and O–H groups in total. The van der Waals surface area contributed by atoms with Gasteiger partial charge in [0.1, 0.15) is 5.82 Å². The molecule has 0 radical (unpaired) electrons. The van der Waals surface area contributed by atoms with Crippen LogP contribution in [0.3, 0.4) is 0 Å². The molecule has 4 rings (SSSR count). The highest BCUT2D eigenvalue weighted by Crippen LogP contribution is 2.25. The number of fused-ring (bicyclic) bond motifs is 1. The van der Waals surface area contributed by atoms with E-state index < -0.39 is 0 Å². The van der Waals surface area contributed by atoms with Gasteiger partial charge >= 0.3 is 0 Å². The number of nitrogens with zero attached hydrogens (tertiary/aromatic N) is 4. The first-order valence-electron chi connectivity index (χ1n) is 7.83. The summed E-state index contributed by atoms with van der Waals surface area (Å²) in [4.78, 5) is 18.3. The van der Waals surface area contributed by atoms with Gasteiger partial charge in [-0.3, -0.25) is 4.79 Å². The lowest BCUT2D eigenvalue weighted by Crippen LogP contribution is -2.48. The highest BCUT2D eigenvalue weighted by atomic mass is 16.2. The van der Waals surface area contributed by atoms with Crippen LogP contribution in [0.4, 0.5) is 5.82 Å². The smallest absolute Gasteiger partial charge is 0.239 e. The Morgan fingerprint density at radius 1 is 1.32 bits per heavy atom. The lowest BCUT2D eigenvalue weighted by molar-refractivity contribution is -0.120. The fourth-order valence-electron chi connectivity index (χ4n) is 3.26. The minimum Gasteiger partial charge on any atom is -0.353 e. The Morgan fingerprint density at radius 3 is 3.00 bits per heavy atom. The van der Waals surface area contributed by atoms with Crippen molar-refractivity contribution in [3.05, 3.63) is 23.5 Å². The number of rotatable bonds is 2. The van der Waals surface area contributed by atoms with E-state index in [2.05, 4.69) is 26.6 Å². The number of piperazine rings is 1.